The average molecular weight is 659 g/mol. The first kappa shape index (κ1) is 38.7. The highest BCUT2D eigenvalue weighted by Crippen LogP contribution is 2.40. The van der Waals surface area contributed by atoms with E-state index in [-0.39, 0.29) is 25.1 Å². The molecular weight excluding hydrogens is 624 g/mol. The standard InChI is InChI=1S/C32H34F7N2OPS/c1-5-7-9-24(11-8-10-23-13-15-29(44-4)28(18-23)32(38,39)43)21-41(20-22(3)12-14-25(34)16-17-33)30(42)26(19-40)27(6-2)31(35,36)37/h5-6,8-9,11-16,18,22H,1-2,7,10,17,20-21,43H2,3-4H3/b11-8-,14-12-,24-9+,25-16+,27-26+. The zero-order valence-corrected chi connectivity index (χ0v) is 26.3. The van der Waals surface area contributed by atoms with Crippen LogP contribution in [-0.2, 0) is 16.9 Å². The highest BCUT2D eigenvalue weighted by molar-refractivity contribution is 7.98. The summed E-state index contributed by atoms with van der Waals surface area (Å²) in [5, 5.41) is 9.53. The van der Waals surface area contributed by atoms with Crippen molar-refractivity contribution in [3.05, 3.63) is 114 Å². The van der Waals surface area contributed by atoms with Gasteiger partial charge in [-0.15, -0.1) is 18.3 Å². The quantitative estimate of drug-likeness (QED) is 0.0338. The lowest BCUT2D eigenvalue weighted by molar-refractivity contribution is -0.128. The Morgan fingerprint density at radius 3 is 2.39 bits per heavy atom. The van der Waals surface area contributed by atoms with Crippen LogP contribution >= 0.6 is 21.0 Å². The number of carbonyl (C=O) groups excluding carboxylic acids is 1. The minimum absolute atomic E-state index is 0.154. The van der Waals surface area contributed by atoms with Gasteiger partial charge in [0.1, 0.15) is 24.1 Å². The number of hydrogen-bond donors (Lipinski definition) is 0. The van der Waals surface area contributed by atoms with Crippen LogP contribution < -0.4 is 0 Å². The first-order valence-corrected chi connectivity index (χ1v) is 15.0. The second-order valence-corrected chi connectivity index (χ2v) is 11.0. The topological polar surface area (TPSA) is 44.1 Å². The normalized spacial score (nSPS) is 14.4. The third-order valence-corrected chi connectivity index (χ3v) is 7.09. The van der Waals surface area contributed by atoms with Gasteiger partial charge in [0.15, 0.2) is 0 Å². The Hall–Kier alpha value is -3.35. The van der Waals surface area contributed by atoms with Gasteiger partial charge in [0.05, 0.1) is 5.57 Å². The molecule has 1 aromatic rings. The van der Waals surface area contributed by atoms with Crippen molar-refractivity contribution in [2.24, 2.45) is 5.92 Å². The molecule has 12 heteroatoms. The summed E-state index contributed by atoms with van der Waals surface area (Å²) >= 11 is 1.18. The van der Waals surface area contributed by atoms with E-state index in [9.17, 15) is 40.8 Å². The van der Waals surface area contributed by atoms with Crippen molar-refractivity contribution in [1.29, 1.82) is 5.26 Å². The molecule has 0 spiro atoms. The Bertz CT molecular complexity index is 1370. The van der Waals surface area contributed by atoms with Gasteiger partial charge < -0.3 is 4.90 Å². The number of benzene rings is 1. The van der Waals surface area contributed by atoms with Crippen LogP contribution in [0.15, 0.2) is 107 Å². The summed E-state index contributed by atoms with van der Waals surface area (Å²) in [6.07, 6.45) is 7.04. The van der Waals surface area contributed by atoms with Crippen LogP contribution in [0.3, 0.4) is 0 Å². The number of alkyl halides is 6. The summed E-state index contributed by atoms with van der Waals surface area (Å²) in [6, 6.07) is 6.00. The first-order chi connectivity index (χ1) is 20.6. The van der Waals surface area contributed by atoms with Crippen molar-refractivity contribution in [3.63, 3.8) is 0 Å². The van der Waals surface area contributed by atoms with Crippen molar-refractivity contribution in [1.82, 2.24) is 4.90 Å². The smallest absolute Gasteiger partial charge is 0.333 e. The fourth-order valence-electron chi connectivity index (χ4n) is 3.90. The van der Waals surface area contributed by atoms with E-state index >= 15 is 0 Å². The maximum Gasteiger partial charge on any atom is 0.417 e. The molecule has 3 nitrogen and oxygen atoms in total. The summed E-state index contributed by atoms with van der Waals surface area (Å²) in [5.41, 5.74) is -4.93. The minimum Gasteiger partial charge on any atom is -0.333 e. The average Bonchev–Trinajstić information content (AvgIpc) is 2.95. The van der Waals surface area contributed by atoms with Crippen molar-refractivity contribution in [3.8, 4) is 6.07 Å². The Labute approximate surface area is 260 Å². The highest BCUT2D eigenvalue weighted by Gasteiger charge is 2.37. The van der Waals surface area contributed by atoms with Gasteiger partial charge in [0, 0.05) is 23.5 Å². The van der Waals surface area contributed by atoms with Crippen molar-refractivity contribution >= 4 is 26.9 Å². The van der Waals surface area contributed by atoms with Gasteiger partial charge in [-0.2, -0.15) is 27.2 Å². The van der Waals surface area contributed by atoms with Gasteiger partial charge in [0.25, 0.3) is 11.6 Å². The molecule has 0 saturated heterocycles. The number of nitriles is 1. The Kier molecular flexibility index (Phi) is 16.2. The predicted molar refractivity (Wildman–Crippen MR) is 167 cm³/mol. The molecule has 1 aromatic carbocycles. The number of amides is 1. The number of hydrogen-bond acceptors (Lipinski definition) is 3. The van der Waals surface area contributed by atoms with Crippen molar-refractivity contribution < 1.29 is 35.5 Å². The molecule has 44 heavy (non-hydrogen) atoms. The van der Waals surface area contributed by atoms with E-state index in [0.717, 1.165) is 11.0 Å². The molecular formula is C32H34F7N2OPS. The number of carbonyl (C=O) groups is 1. The molecule has 0 aliphatic carbocycles. The Morgan fingerprint density at radius 2 is 1.86 bits per heavy atom. The van der Waals surface area contributed by atoms with Crippen LogP contribution in [0.5, 0.6) is 0 Å². The molecule has 1 rings (SSSR count). The lowest BCUT2D eigenvalue weighted by Gasteiger charge is -2.26. The maximum absolute atomic E-state index is 14.1. The van der Waals surface area contributed by atoms with Crippen LogP contribution in [0.1, 0.15) is 24.5 Å². The van der Waals surface area contributed by atoms with Gasteiger partial charge in [0.2, 0.25) is 0 Å². The summed E-state index contributed by atoms with van der Waals surface area (Å²) in [4.78, 5) is 14.8. The molecule has 0 heterocycles. The minimum atomic E-state index is -5.03. The van der Waals surface area contributed by atoms with Crippen LogP contribution in [0, 0.1) is 17.2 Å². The molecule has 2 atom stereocenters. The fraction of sp³-hybridized carbons (Fsp3) is 0.312. The van der Waals surface area contributed by atoms with E-state index in [0.29, 0.717) is 34.6 Å². The first-order valence-electron chi connectivity index (χ1n) is 13.2. The number of rotatable bonds is 16. The van der Waals surface area contributed by atoms with E-state index in [2.05, 4.69) is 13.2 Å². The Balaban J connectivity index is 3.51. The molecule has 2 unspecified atom stereocenters. The van der Waals surface area contributed by atoms with Crippen molar-refractivity contribution in [2.45, 2.75) is 36.5 Å². The zero-order valence-electron chi connectivity index (χ0n) is 24.3. The number of allylic oxidation sites excluding steroid dienone is 8. The predicted octanol–water partition coefficient (Wildman–Crippen LogP) is 9.35. The lowest BCUT2D eigenvalue weighted by Crippen LogP contribution is -2.37. The van der Waals surface area contributed by atoms with Gasteiger partial charge in [-0.1, -0.05) is 65.3 Å². The number of nitrogens with zero attached hydrogens (tertiary/aromatic N) is 2. The number of halogens is 7. The monoisotopic (exact) mass is 658 g/mol. The summed E-state index contributed by atoms with van der Waals surface area (Å²) in [5.74, 6) is -2.72. The van der Waals surface area contributed by atoms with E-state index in [4.69, 9.17) is 0 Å². The molecule has 238 valence electrons. The maximum atomic E-state index is 14.1. The molecule has 0 bridgehead atoms. The molecule has 0 aliphatic rings. The zero-order chi connectivity index (χ0) is 33.5. The van der Waals surface area contributed by atoms with Gasteiger partial charge in [-0.25, -0.2) is 8.78 Å². The second kappa shape index (κ2) is 18.5. The molecule has 0 saturated carbocycles. The summed E-state index contributed by atoms with van der Waals surface area (Å²) in [6.45, 7) is 6.78. The fourth-order valence-corrected chi connectivity index (χ4v) is 4.86. The summed E-state index contributed by atoms with van der Waals surface area (Å²) in [7, 11) is 1.52. The SMILES string of the molecule is C=CC/C=C(\C=C/Cc1ccc(SC)c(C(F)(F)P)c1)CN(CC(C)/C=C\C(F)=C/CF)C(=O)/C(C#N)=C(\C=C)C(F)(F)F. The molecule has 0 N–H and O–H groups in total. The lowest BCUT2D eigenvalue weighted by atomic mass is 10.0. The number of thioether (sulfide) groups is 1. The van der Waals surface area contributed by atoms with E-state index < -0.39 is 47.3 Å². The summed E-state index contributed by atoms with van der Waals surface area (Å²) < 4.78 is 95.1. The molecule has 0 aliphatic heterocycles. The molecule has 0 fully saturated rings. The van der Waals surface area contributed by atoms with Crippen LogP contribution in [0.2, 0.25) is 0 Å². The van der Waals surface area contributed by atoms with Gasteiger partial charge >= 0.3 is 6.18 Å². The van der Waals surface area contributed by atoms with E-state index in [1.807, 2.05) is 0 Å². The second-order valence-electron chi connectivity index (χ2n) is 9.44. The third-order valence-electron chi connectivity index (χ3n) is 5.98. The Morgan fingerprint density at radius 1 is 1.18 bits per heavy atom. The molecule has 0 radical (unpaired) electrons. The highest BCUT2D eigenvalue weighted by atomic mass is 32.2. The van der Waals surface area contributed by atoms with Crippen LogP contribution in [-0.4, -0.2) is 43.0 Å². The molecule has 1 amide bonds. The van der Waals surface area contributed by atoms with E-state index in [1.165, 1.54) is 39.2 Å². The van der Waals surface area contributed by atoms with Gasteiger partial charge in [-0.3, -0.25) is 4.79 Å². The largest absolute Gasteiger partial charge is 0.417 e. The van der Waals surface area contributed by atoms with E-state index in [1.54, 1.807) is 49.6 Å². The van der Waals surface area contributed by atoms with Crippen molar-refractivity contribution in [2.75, 3.05) is 26.0 Å². The van der Waals surface area contributed by atoms with Crippen LogP contribution in [0.4, 0.5) is 30.7 Å². The van der Waals surface area contributed by atoms with Gasteiger partial charge in [-0.05, 0) is 60.4 Å². The molecule has 0 aromatic heterocycles. The third kappa shape index (κ3) is 12.7. The van der Waals surface area contributed by atoms with Crippen LogP contribution in [0.25, 0.3) is 0 Å².